The lowest BCUT2D eigenvalue weighted by molar-refractivity contribution is -0.143. The molecule has 0 aliphatic heterocycles. The first-order valence-corrected chi connectivity index (χ1v) is 5.21. The number of ether oxygens (including phenoxy) is 1. The van der Waals surface area contributed by atoms with Gasteiger partial charge in [0.2, 0.25) is 0 Å². The first kappa shape index (κ1) is 16.1. The summed E-state index contributed by atoms with van der Waals surface area (Å²) in [5.41, 5.74) is 2.07. The van der Waals surface area contributed by atoms with Gasteiger partial charge in [-0.1, -0.05) is 0 Å². The second-order valence-electron chi connectivity index (χ2n) is 3.96. The monoisotopic (exact) mass is 300 g/mol. The van der Waals surface area contributed by atoms with Gasteiger partial charge in [0.05, 0.1) is 11.1 Å². The highest BCUT2D eigenvalue weighted by molar-refractivity contribution is 5.81. The maximum absolute atomic E-state index is 12.5. The molecule has 1 rings (SSSR count). The second-order valence-corrected chi connectivity index (χ2v) is 3.96. The Morgan fingerprint density at radius 2 is 1.45 bits per heavy atom. The van der Waals surface area contributed by atoms with Crippen LogP contribution in [0.2, 0.25) is 0 Å². The largest absolute Gasteiger partial charge is 0.483 e. The predicted molar refractivity (Wildman–Crippen MR) is 58.5 cm³/mol. The molecule has 9 heteroatoms. The van der Waals surface area contributed by atoms with Crippen molar-refractivity contribution in [1.29, 1.82) is 5.41 Å². The van der Waals surface area contributed by atoms with E-state index in [4.69, 9.17) is 15.9 Å². The molecule has 0 aliphatic rings. The Kier molecular flexibility index (Phi) is 4.21. The highest BCUT2D eigenvalue weighted by atomic mass is 19.4. The minimum atomic E-state index is -4.95. The van der Waals surface area contributed by atoms with E-state index in [9.17, 15) is 26.3 Å². The van der Waals surface area contributed by atoms with Gasteiger partial charge in [0, 0.05) is 0 Å². The van der Waals surface area contributed by atoms with E-state index >= 15 is 0 Å². The predicted octanol–water partition coefficient (Wildman–Crippen LogP) is 3.43. The summed E-state index contributed by atoms with van der Waals surface area (Å²) in [5, 5.41) is 7.01. The number of rotatable bonds is 3. The van der Waals surface area contributed by atoms with Gasteiger partial charge < -0.3 is 10.5 Å². The van der Waals surface area contributed by atoms with Crippen LogP contribution >= 0.6 is 0 Å². The van der Waals surface area contributed by atoms with Gasteiger partial charge in [0.1, 0.15) is 11.6 Å². The number of alkyl halides is 6. The van der Waals surface area contributed by atoms with Crippen LogP contribution < -0.4 is 10.5 Å². The number of hydrogen-bond donors (Lipinski definition) is 2. The maximum atomic E-state index is 12.5. The van der Waals surface area contributed by atoms with E-state index in [-0.39, 0.29) is 6.07 Å². The van der Waals surface area contributed by atoms with Gasteiger partial charge in [-0.15, -0.1) is 0 Å². The van der Waals surface area contributed by atoms with Crippen LogP contribution in [-0.4, -0.2) is 11.9 Å². The fourth-order valence-electron chi connectivity index (χ4n) is 1.26. The minimum Gasteiger partial charge on any atom is -0.483 e. The zero-order chi connectivity index (χ0) is 15.7. The second kappa shape index (κ2) is 5.22. The highest BCUT2D eigenvalue weighted by Gasteiger charge is 2.37. The summed E-state index contributed by atoms with van der Waals surface area (Å²) in [6.45, 7) is 1.23. The molecular weight excluding hydrogens is 290 g/mol. The van der Waals surface area contributed by atoms with Crippen molar-refractivity contribution >= 4 is 5.84 Å². The van der Waals surface area contributed by atoms with Crippen LogP contribution in [0, 0.1) is 5.41 Å². The average Bonchev–Trinajstić information content (AvgIpc) is 2.26. The number of nitrogens with one attached hydrogen (secondary N) is 1. The molecule has 3 nitrogen and oxygen atoms in total. The van der Waals surface area contributed by atoms with Crippen LogP contribution in [0.4, 0.5) is 26.3 Å². The van der Waals surface area contributed by atoms with Gasteiger partial charge in [0.15, 0.2) is 6.10 Å². The molecule has 0 saturated heterocycles. The lowest BCUT2D eigenvalue weighted by atomic mass is 10.1. The van der Waals surface area contributed by atoms with E-state index in [0.717, 1.165) is 0 Å². The van der Waals surface area contributed by atoms with E-state index in [1.54, 1.807) is 0 Å². The van der Waals surface area contributed by atoms with Gasteiger partial charge in [-0.05, 0) is 25.1 Å². The molecule has 0 saturated carbocycles. The van der Waals surface area contributed by atoms with Gasteiger partial charge in [0.25, 0.3) is 0 Å². The summed E-state index contributed by atoms with van der Waals surface area (Å²) in [7, 11) is 0. The Hall–Kier alpha value is -1.93. The Balaban J connectivity index is 3.28. The number of hydrogen-bond acceptors (Lipinski definition) is 2. The molecule has 0 bridgehead atoms. The van der Waals surface area contributed by atoms with Gasteiger partial charge in [-0.3, -0.25) is 5.41 Å². The minimum absolute atomic E-state index is 0.00864. The molecule has 20 heavy (non-hydrogen) atoms. The van der Waals surface area contributed by atoms with Gasteiger partial charge in [-0.25, -0.2) is 0 Å². The highest BCUT2D eigenvalue weighted by Crippen LogP contribution is 2.38. The molecule has 0 heterocycles. The van der Waals surface area contributed by atoms with Crippen LogP contribution in [0.3, 0.4) is 0 Å². The Morgan fingerprint density at radius 1 is 1.05 bits per heavy atom. The van der Waals surface area contributed by atoms with Crippen LogP contribution in [-0.2, 0) is 12.4 Å². The normalized spacial score (nSPS) is 13.9. The van der Waals surface area contributed by atoms with E-state index < -0.39 is 41.2 Å². The fourth-order valence-corrected chi connectivity index (χ4v) is 1.26. The number of nitrogens with two attached hydrogens (primary N) is 1. The lowest BCUT2D eigenvalue weighted by Crippen LogP contribution is -2.30. The van der Waals surface area contributed by atoms with Crippen molar-refractivity contribution in [1.82, 2.24) is 0 Å². The topological polar surface area (TPSA) is 59.1 Å². The van der Waals surface area contributed by atoms with Crippen molar-refractivity contribution in [3.05, 3.63) is 29.3 Å². The third kappa shape index (κ3) is 4.04. The Bertz CT molecular complexity index is 476. The van der Waals surface area contributed by atoms with Gasteiger partial charge >= 0.3 is 12.4 Å². The molecule has 0 radical (unpaired) electrons. The van der Waals surface area contributed by atoms with E-state index in [0.29, 0.717) is 12.1 Å². The standard InChI is InChI=1S/C11H10F6N2O/c1-5(9(18)19)20-8-3-6(10(12,13)14)2-7(4-8)11(15,16)17/h2-5H,1H3,(H3,18,19). The van der Waals surface area contributed by atoms with Crippen LogP contribution in [0.5, 0.6) is 5.75 Å². The first-order valence-electron chi connectivity index (χ1n) is 5.21. The number of amidine groups is 1. The fraction of sp³-hybridized carbons (Fsp3) is 0.364. The molecule has 0 fully saturated rings. The van der Waals surface area contributed by atoms with Crippen molar-refractivity contribution in [2.24, 2.45) is 5.73 Å². The van der Waals surface area contributed by atoms with Gasteiger partial charge in [-0.2, -0.15) is 26.3 Å². The number of halogens is 6. The third-order valence-corrected chi connectivity index (χ3v) is 2.31. The summed E-state index contributed by atoms with van der Waals surface area (Å²) in [4.78, 5) is 0. The van der Waals surface area contributed by atoms with Crippen molar-refractivity contribution in [3.63, 3.8) is 0 Å². The van der Waals surface area contributed by atoms with Crippen molar-refractivity contribution in [2.45, 2.75) is 25.4 Å². The summed E-state index contributed by atoms with van der Waals surface area (Å²) < 4.78 is 80.1. The van der Waals surface area contributed by atoms with Crippen LogP contribution in [0.25, 0.3) is 0 Å². The Morgan fingerprint density at radius 3 is 1.75 bits per heavy atom. The molecule has 1 aromatic rings. The van der Waals surface area contributed by atoms with Crippen molar-refractivity contribution < 1.29 is 31.1 Å². The summed E-state index contributed by atoms with van der Waals surface area (Å²) in [6, 6.07) is 0.842. The molecule has 112 valence electrons. The van der Waals surface area contributed by atoms with E-state index in [1.807, 2.05) is 0 Å². The van der Waals surface area contributed by atoms with Crippen molar-refractivity contribution in [2.75, 3.05) is 0 Å². The summed E-state index contributed by atoms with van der Waals surface area (Å²) >= 11 is 0. The summed E-state index contributed by atoms with van der Waals surface area (Å²) in [5.74, 6) is -1.18. The SMILES string of the molecule is CC(Oc1cc(C(F)(F)F)cc(C(F)(F)F)c1)C(=N)N. The van der Waals surface area contributed by atoms with Crippen molar-refractivity contribution in [3.8, 4) is 5.75 Å². The van der Waals surface area contributed by atoms with E-state index in [2.05, 4.69) is 0 Å². The molecule has 1 atom stereocenters. The van der Waals surface area contributed by atoms with Crippen LogP contribution in [0.15, 0.2) is 18.2 Å². The molecule has 0 spiro atoms. The summed E-state index contributed by atoms with van der Waals surface area (Å²) in [6.07, 6.45) is -11.0. The zero-order valence-electron chi connectivity index (χ0n) is 10.1. The van der Waals surface area contributed by atoms with E-state index in [1.165, 1.54) is 6.92 Å². The molecule has 3 N–H and O–H groups in total. The Labute approximate surface area is 109 Å². The molecular formula is C11H10F6N2O. The first-order chi connectivity index (χ1) is 8.91. The number of benzene rings is 1. The quantitative estimate of drug-likeness (QED) is 0.510. The lowest BCUT2D eigenvalue weighted by Gasteiger charge is -2.17. The molecule has 1 aromatic carbocycles. The zero-order valence-corrected chi connectivity index (χ0v) is 10.1. The molecule has 0 aromatic heterocycles. The average molecular weight is 300 g/mol. The van der Waals surface area contributed by atoms with Crippen LogP contribution in [0.1, 0.15) is 18.1 Å². The smallest absolute Gasteiger partial charge is 0.416 e. The third-order valence-electron chi connectivity index (χ3n) is 2.31. The molecule has 1 unspecified atom stereocenters. The molecule has 0 aliphatic carbocycles. The molecule has 0 amide bonds. The maximum Gasteiger partial charge on any atom is 0.416 e.